The minimum atomic E-state index is -1.04. The molecule has 1 atom stereocenters. The zero-order chi connectivity index (χ0) is 21.3. The lowest BCUT2D eigenvalue weighted by molar-refractivity contribution is -0.139. The van der Waals surface area contributed by atoms with Crippen molar-refractivity contribution in [1.29, 1.82) is 0 Å². The summed E-state index contributed by atoms with van der Waals surface area (Å²) in [6, 6.07) is 15.4. The Hall–Kier alpha value is -3.15. The van der Waals surface area contributed by atoms with Gasteiger partial charge in [0.25, 0.3) is 5.91 Å². The van der Waals surface area contributed by atoms with Crippen LogP contribution in [0.25, 0.3) is 0 Å². The van der Waals surface area contributed by atoms with Crippen LogP contribution in [0.2, 0.25) is 0 Å². The van der Waals surface area contributed by atoms with Crippen LogP contribution in [-0.4, -0.2) is 41.2 Å². The molecule has 1 heterocycles. The number of likely N-dealkylation sites (N-methyl/N-ethyl adjacent to an activating group) is 1. The number of urea groups is 1. The number of nitrogens with one attached hydrogen (secondary N) is 1. The van der Waals surface area contributed by atoms with Gasteiger partial charge >= 0.3 is 6.03 Å². The normalized spacial score (nSPS) is 20.3. The van der Waals surface area contributed by atoms with Crippen LogP contribution in [-0.2, 0) is 34.5 Å². The predicted octanol–water partition coefficient (Wildman–Crippen LogP) is 2.99. The fraction of sp³-hybridized carbons (Fsp3) is 0.375. The number of hydrogen-bond acceptors (Lipinski definition) is 3. The van der Waals surface area contributed by atoms with Crippen molar-refractivity contribution in [2.45, 2.75) is 44.7 Å². The van der Waals surface area contributed by atoms with Gasteiger partial charge in [-0.25, -0.2) is 4.79 Å². The van der Waals surface area contributed by atoms with Crippen molar-refractivity contribution < 1.29 is 14.4 Å². The van der Waals surface area contributed by atoms with Gasteiger partial charge in [-0.05, 0) is 47.9 Å². The summed E-state index contributed by atoms with van der Waals surface area (Å²) in [5.74, 6) is -0.590. The molecule has 0 radical (unpaired) electrons. The number of carbonyl (C=O) groups excluding carboxylic acids is 3. The van der Waals surface area contributed by atoms with Gasteiger partial charge in [0.2, 0.25) is 5.91 Å². The van der Waals surface area contributed by atoms with Gasteiger partial charge < -0.3 is 10.2 Å². The number of rotatable bonds is 5. The lowest BCUT2D eigenvalue weighted by Crippen LogP contribution is -2.47. The summed E-state index contributed by atoms with van der Waals surface area (Å²) in [7, 11) is 1.69. The first-order chi connectivity index (χ1) is 14.4. The van der Waals surface area contributed by atoms with E-state index in [2.05, 4.69) is 24.4 Å². The maximum atomic E-state index is 13.3. The van der Waals surface area contributed by atoms with Crippen molar-refractivity contribution >= 4 is 17.8 Å². The highest BCUT2D eigenvalue weighted by atomic mass is 16.2. The molecule has 0 aromatic heterocycles. The summed E-state index contributed by atoms with van der Waals surface area (Å²) in [6.45, 7) is 2.28. The van der Waals surface area contributed by atoms with Crippen molar-refractivity contribution in [1.82, 2.24) is 15.1 Å². The second-order valence-corrected chi connectivity index (χ2v) is 8.16. The Bertz CT molecular complexity index is 985. The molecule has 1 N–H and O–H groups in total. The maximum absolute atomic E-state index is 13.3. The Labute approximate surface area is 176 Å². The molecular weight excluding hydrogens is 378 g/mol. The van der Waals surface area contributed by atoms with Crippen molar-refractivity contribution in [3.63, 3.8) is 0 Å². The fourth-order valence-electron chi connectivity index (χ4n) is 4.45. The van der Waals surface area contributed by atoms with Crippen molar-refractivity contribution in [2.24, 2.45) is 0 Å². The van der Waals surface area contributed by atoms with Crippen LogP contribution in [0.15, 0.2) is 48.5 Å². The molecule has 30 heavy (non-hydrogen) atoms. The molecule has 0 bridgehead atoms. The Morgan fingerprint density at radius 1 is 1.10 bits per heavy atom. The van der Waals surface area contributed by atoms with Gasteiger partial charge in [-0.2, -0.15) is 0 Å². The summed E-state index contributed by atoms with van der Waals surface area (Å²) in [6.07, 6.45) is 3.23. The van der Waals surface area contributed by atoms with Crippen molar-refractivity contribution in [3.8, 4) is 0 Å². The number of imide groups is 1. The van der Waals surface area contributed by atoms with E-state index in [0.29, 0.717) is 13.0 Å². The minimum absolute atomic E-state index is 0.252. The van der Waals surface area contributed by atoms with Gasteiger partial charge in [0.1, 0.15) is 12.1 Å². The van der Waals surface area contributed by atoms with E-state index in [9.17, 15) is 14.4 Å². The Kier molecular flexibility index (Phi) is 5.33. The number of aryl methyl sites for hydroxylation is 2. The Morgan fingerprint density at radius 2 is 1.80 bits per heavy atom. The largest absolute Gasteiger partial charge is 0.340 e. The van der Waals surface area contributed by atoms with Crippen LogP contribution in [0.3, 0.4) is 0 Å². The lowest BCUT2D eigenvalue weighted by atomic mass is 9.76. The topological polar surface area (TPSA) is 69.7 Å². The van der Waals surface area contributed by atoms with E-state index in [1.807, 2.05) is 36.4 Å². The highest BCUT2D eigenvalue weighted by Gasteiger charge is 2.54. The maximum Gasteiger partial charge on any atom is 0.325 e. The molecule has 1 spiro atoms. The van der Waals surface area contributed by atoms with E-state index >= 15 is 0 Å². The van der Waals surface area contributed by atoms with E-state index in [0.717, 1.165) is 40.9 Å². The average Bonchev–Trinajstić information content (AvgIpc) is 2.99. The smallest absolute Gasteiger partial charge is 0.325 e. The highest BCUT2D eigenvalue weighted by molar-refractivity contribution is 6.09. The van der Waals surface area contributed by atoms with Crippen molar-refractivity contribution in [2.75, 3.05) is 13.6 Å². The molecule has 4 amide bonds. The third-order valence-electron chi connectivity index (χ3n) is 6.22. The molecular formula is C24H27N3O3. The molecule has 2 aromatic carbocycles. The molecule has 2 aliphatic rings. The third kappa shape index (κ3) is 3.47. The van der Waals surface area contributed by atoms with Crippen LogP contribution in [0.5, 0.6) is 0 Å². The van der Waals surface area contributed by atoms with E-state index in [-0.39, 0.29) is 18.4 Å². The standard InChI is InChI=1S/C24H27N3O3/c1-3-17-10-12-18(13-11-17)15-26(2)21(28)16-27-22(29)24(25-23(27)30)14-6-8-19-7-4-5-9-20(19)24/h4-5,7,9-13H,3,6,8,14-16H2,1-2H3,(H,25,30)/t24-/m0/s1. The first kappa shape index (κ1) is 20.1. The molecule has 4 rings (SSSR count). The van der Waals surface area contributed by atoms with Gasteiger partial charge in [-0.1, -0.05) is 55.5 Å². The molecule has 1 aliphatic heterocycles. The number of benzene rings is 2. The van der Waals surface area contributed by atoms with Gasteiger partial charge in [0.05, 0.1) is 0 Å². The van der Waals surface area contributed by atoms with E-state index in [1.165, 1.54) is 5.56 Å². The fourth-order valence-corrected chi connectivity index (χ4v) is 4.45. The quantitative estimate of drug-likeness (QED) is 0.778. The molecule has 6 heteroatoms. The SMILES string of the molecule is CCc1ccc(CN(C)C(=O)CN2C(=O)N[C@]3(CCCc4ccccc43)C2=O)cc1. The predicted molar refractivity (Wildman–Crippen MR) is 114 cm³/mol. The second kappa shape index (κ2) is 7.94. The van der Waals surface area contributed by atoms with Gasteiger partial charge in [0, 0.05) is 13.6 Å². The molecule has 156 valence electrons. The zero-order valence-corrected chi connectivity index (χ0v) is 17.5. The highest BCUT2D eigenvalue weighted by Crippen LogP contribution is 2.39. The van der Waals surface area contributed by atoms with Crippen LogP contribution < -0.4 is 5.32 Å². The summed E-state index contributed by atoms with van der Waals surface area (Å²) in [5.41, 5.74) is 3.15. The van der Waals surface area contributed by atoms with Crippen LogP contribution in [0, 0.1) is 0 Å². The molecule has 1 aliphatic carbocycles. The number of amides is 4. The molecule has 6 nitrogen and oxygen atoms in total. The number of carbonyl (C=O) groups is 3. The van der Waals surface area contributed by atoms with Gasteiger partial charge in [-0.15, -0.1) is 0 Å². The number of nitrogens with zero attached hydrogens (tertiary/aromatic N) is 2. The van der Waals surface area contributed by atoms with Gasteiger partial charge in [0.15, 0.2) is 0 Å². The Morgan fingerprint density at radius 3 is 2.53 bits per heavy atom. The van der Waals surface area contributed by atoms with Crippen molar-refractivity contribution in [3.05, 3.63) is 70.8 Å². The number of hydrogen-bond donors (Lipinski definition) is 1. The van der Waals surface area contributed by atoms with E-state index in [4.69, 9.17) is 0 Å². The summed E-state index contributed by atoms with van der Waals surface area (Å²) >= 11 is 0. The molecule has 0 unspecified atom stereocenters. The molecule has 0 saturated carbocycles. The van der Waals surface area contributed by atoms with E-state index < -0.39 is 11.6 Å². The van der Waals surface area contributed by atoms with Crippen LogP contribution in [0.1, 0.15) is 42.0 Å². The molecule has 1 fully saturated rings. The van der Waals surface area contributed by atoms with Crippen LogP contribution >= 0.6 is 0 Å². The number of fused-ring (bicyclic) bond motifs is 2. The monoisotopic (exact) mass is 405 g/mol. The second-order valence-electron chi connectivity index (χ2n) is 8.16. The lowest BCUT2D eigenvalue weighted by Gasteiger charge is -2.33. The minimum Gasteiger partial charge on any atom is -0.340 e. The average molecular weight is 405 g/mol. The third-order valence-corrected chi connectivity index (χ3v) is 6.22. The van der Waals surface area contributed by atoms with Crippen LogP contribution in [0.4, 0.5) is 4.79 Å². The Balaban J connectivity index is 1.48. The summed E-state index contributed by atoms with van der Waals surface area (Å²) in [4.78, 5) is 41.4. The van der Waals surface area contributed by atoms with Gasteiger partial charge in [-0.3, -0.25) is 14.5 Å². The summed E-state index contributed by atoms with van der Waals surface area (Å²) in [5, 5.41) is 2.90. The summed E-state index contributed by atoms with van der Waals surface area (Å²) < 4.78 is 0. The van der Waals surface area contributed by atoms with E-state index in [1.54, 1.807) is 11.9 Å². The first-order valence-corrected chi connectivity index (χ1v) is 10.5. The molecule has 1 saturated heterocycles. The first-order valence-electron chi connectivity index (χ1n) is 10.5. The zero-order valence-electron chi connectivity index (χ0n) is 17.5. The molecule has 2 aromatic rings.